The lowest BCUT2D eigenvalue weighted by atomic mass is 10.1. The van der Waals surface area contributed by atoms with E-state index in [1.807, 2.05) is 24.0 Å². The molecule has 1 saturated heterocycles. The predicted molar refractivity (Wildman–Crippen MR) is 136 cm³/mol. The SMILES string of the molecule is Cc1ccc(S(=O)OCC2(COc3c(N4CCNCC4)cnn(-c4cc(F)cc(F)c4)c3=O)CC2)cc1. The number of aromatic nitrogens is 2. The molecule has 0 amide bonds. The van der Waals surface area contributed by atoms with Crippen molar-refractivity contribution in [2.24, 2.45) is 5.41 Å². The van der Waals surface area contributed by atoms with Gasteiger partial charge in [-0.1, -0.05) is 17.7 Å². The summed E-state index contributed by atoms with van der Waals surface area (Å²) < 4.78 is 53.0. The summed E-state index contributed by atoms with van der Waals surface area (Å²) in [6.07, 6.45) is 3.10. The number of nitrogens with one attached hydrogen (secondary N) is 1. The zero-order valence-electron chi connectivity index (χ0n) is 20.4. The van der Waals surface area contributed by atoms with Crippen molar-refractivity contribution in [1.82, 2.24) is 15.1 Å². The van der Waals surface area contributed by atoms with Crippen LogP contribution in [0.3, 0.4) is 0 Å². The van der Waals surface area contributed by atoms with Gasteiger partial charge in [-0.05, 0) is 44.0 Å². The molecule has 0 radical (unpaired) electrons. The van der Waals surface area contributed by atoms with Crippen molar-refractivity contribution in [3.05, 3.63) is 76.2 Å². The van der Waals surface area contributed by atoms with Gasteiger partial charge in [0.25, 0.3) is 0 Å². The van der Waals surface area contributed by atoms with Gasteiger partial charge in [-0.15, -0.1) is 0 Å². The summed E-state index contributed by atoms with van der Waals surface area (Å²) in [4.78, 5) is 16.1. The van der Waals surface area contributed by atoms with Crippen LogP contribution in [0.15, 0.2) is 58.4 Å². The summed E-state index contributed by atoms with van der Waals surface area (Å²) in [6, 6.07) is 10.1. The van der Waals surface area contributed by atoms with Crippen LogP contribution in [-0.2, 0) is 15.3 Å². The molecule has 1 aliphatic heterocycles. The van der Waals surface area contributed by atoms with E-state index in [4.69, 9.17) is 8.92 Å². The van der Waals surface area contributed by atoms with Crippen LogP contribution in [0.4, 0.5) is 14.5 Å². The third-order valence-corrected chi connectivity index (χ3v) is 7.62. The number of hydrogen-bond acceptors (Lipinski definition) is 7. The Labute approximate surface area is 215 Å². The molecule has 0 spiro atoms. The van der Waals surface area contributed by atoms with Gasteiger partial charge in [0.15, 0.2) is 11.1 Å². The van der Waals surface area contributed by atoms with Crippen molar-refractivity contribution < 1.29 is 21.9 Å². The highest BCUT2D eigenvalue weighted by Crippen LogP contribution is 2.46. The summed E-state index contributed by atoms with van der Waals surface area (Å²) >= 11 is -1.61. The highest BCUT2D eigenvalue weighted by molar-refractivity contribution is 7.80. The van der Waals surface area contributed by atoms with Crippen molar-refractivity contribution in [1.29, 1.82) is 0 Å². The second kappa shape index (κ2) is 10.7. The van der Waals surface area contributed by atoms with E-state index in [2.05, 4.69) is 10.4 Å². The van der Waals surface area contributed by atoms with Gasteiger partial charge in [0.1, 0.15) is 17.3 Å². The molecule has 196 valence electrons. The molecule has 1 aromatic heterocycles. The number of nitrogens with zero attached hydrogens (tertiary/aromatic N) is 3. The smallest absolute Gasteiger partial charge is 0.316 e. The maximum Gasteiger partial charge on any atom is 0.316 e. The molecule has 2 fully saturated rings. The number of anilines is 1. The Kier molecular flexibility index (Phi) is 7.36. The number of halogens is 2. The third kappa shape index (κ3) is 5.89. The lowest BCUT2D eigenvalue weighted by Gasteiger charge is -2.30. The maximum atomic E-state index is 13.9. The molecule has 1 saturated carbocycles. The molecule has 1 unspecified atom stereocenters. The molecule has 0 bridgehead atoms. The number of piperazine rings is 1. The Bertz CT molecular complexity index is 1340. The standard InChI is InChI=1S/C26H28F2N4O4S/c1-18-2-4-22(5-3-18)37(34)36-17-26(6-7-26)16-35-24-23(31-10-8-29-9-11-31)15-30-32(25(24)33)21-13-19(27)12-20(28)14-21/h2-5,12-15,29H,6-11,16-17H2,1H3. The van der Waals surface area contributed by atoms with Crippen LogP contribution >= 0.6 is 0 Å². The Morgan fingerprint density at radius 3 is 2.38 bits per heavy atom. The maximum absolute atomic E-state index is 13.9. The van der Waals surface area contributed by atoms with E-state index in [0.29, 0.717) is 23.7 Å². The third-order valence-electron chi connectivity index (χ3n) is 6.63. The molecule has 2 aromatic carbocycles. The largest absolute Gasteiger partial charge is 0.486 e. The Morgan fingerprint density at radius 1 is 1.05 bits per heavy atom. The van der Waals surface area contributed by atoms with E-state index in [-0.39, 0.29) is 30.1 Å². The van der Waals surface area contributed by atoms with Crippen LogP contribution in [0, 0.1) is 24.0 Å². The number of aryl methyl sites for hydroxylation is 1. The highest BCUT2D eigenvalue weighted by Gasteiger charge is 2.45. The minimum atomic E-state index is -1.61. The predicted octanol–water partition coefficient (Wildman–Crippen LogP) is 3.13. The molecule has 2 heterocycles. The van der Waals surface area contributed by atoms with Gasteiger partial charge < -0.3 is 15.0 Å². The van der Waals surface area contributed by atoms with E-state index >= 15 is 0 Å². The summed E-state index contributed by atoms with van der Waals surface area (Å²) in [5, 5.41) is 7.45. The van der Waals surface area contributed by atoms with Gasteiger partial charge in [0, 0.05) is 37.7 Å². The van der Waals surface area contributed by atoms with E-state index in [1.54, 1.807) is 12.1 Å². The number of benzene rings is 2. The average molecular weight is 531 g/mol. The zero-order valence-corrected chi connectivity index (χ0v) is 21.2. The first-order valence-electron chi connectivity index (χ1n) is 12.1. The Hall–Kier alpha value is -3.15. The van der Waals surface area contributed by atoms with Crippen LogP contribution in [0.2, 0.25) is 0 Å². The van der Waals surface area contributed by atoms with Crippen LogP contribution in [0.5, 0.6) is 5.75 Å². The monoisotopic (exact) mass is 530 g/mol. The Balaban J connectivity index is 1.37. The van der Waals surface area contributed by atoms with Crippen LogP contribution in [0.1, 0.15) is 18.4 Å². The van der Waals surface area contributed by atoms with Crippen LogP contribution < -0.4 is 20.5 Å². The fourth-order valence-electron chi connectivity index (χ4n) is 4.17. The van der Waals surface area contributed by atoms with E-state index < -0.39 is 28.3 Å². The lowest BCUT2D eigenvalue weighted by molar-refractivity contribution is 0.168. The van der Waals surface area contributed by atoms with Crippen molar-refractivity contribution >= 4 is 16.8 Å². The normalized spacial score (nSPS) is 17.4. The summed E-state index contributed by atoms with van der Waals surface area (Å²) in [7, 11) is 0. The average Bonchev–Trinajstić information content (AvgIpc) is 3.67. The number of rotatable bonds is 9. The van der Waals surface area contributed by atoms with Gasteiger partial charge in [0.05, 0.1) is 30.0 Å². The zero-order chi connectivity index (χ0) is 26.0. The summed E-state index contributed by atoms with van der Waals surface area (Å²) in [5.41, 5.74) is 0.585. The summed E-state index contributed by atoms with van der Waals surface area (Å²) in [6.45, 7) is 5.12. The summed E-state index contributed by atoms with van der Waals surface area (Å²) in [5.74, 6) is -1.56. The first kappa shape index (κ1) is 25.5. The molecule has 1 N–H and O–H groups in total. The fraction of sp³-hybridized carbons (Fsp3) is 0.385. The van der Waals surface area contributed by atoms with Gasteiger partial charge in [-0.2, -0.15) is 9.78 Å². The molecule has 3 aromatic rings. The van der Waals surface area contributed by atoms with Gasteiger partial charge in [-0.3, -0.25) is 8.98 Å². The van der Waals surface area contributed by atoms with Crippen molar-refractivity contribution in [3.8, 4) is 11.4 Å². The fourth-order valence-corrected chi connectivity index (χ4v) is 5.02. The van der Waals surface area contributed by atoms with E-state index in [9.17, 15) is 17.8 Å². The van der Waals surface area contributed by atoms with E-state index in [0.717, 1.165) is 54.4 Å². The second-order valence-electron chi connectivity index (χ2n) is 9.54. The number of ether oxygens (including phenoxy) is 1. The molecule has 11 heteroatoms. The van der Waals surface area contributed by atoms with E-state index in [1.165, 1.54) is 6.20 Å². The van der Waals surface area contributed by atoms with Crippen molar-refractivity contribution in [2.75, 3.05) is 44.3 Å². The van der Waals surface area contributed by atoms with Crippen molar-refractivity contribution in [2.45, 2.75) is 24.7 Å². The number of hydrogen-bond donors (Lipinski definition) is 1. The van der Waals surface area contributed by atoms with Gasteiger partial charge in [-0.25, -0.2) is 13.0 Å². The van der Waals surface area contributed by atoms with Crippen LogP contribution in [-0.4, -0.2) is 53.4 Å². The lowest BCUT2D eigenvalue weighted by Crippen LogP contribution is -2.44. The molecule has 1 aliphatic carbocycles. The first-order chi connectivity index (χ1) is 17.8. The molecule has 1 atom stereocenters. The van der Waals surface area contributed by atoms with Gasteiger partial charge >= 0.3 is 5.56 Å². The first-order valence-corrected chi connectivity index (χ1v) is 13.2. The van der Waals surface area contributed by atoms with Crippen molar-refractivity contribution in [3.63, 3.8) is 0 Å². The molecule has 8 nitrogen and oxygen atoms in total. The quantitative estimate of drug-likeness (QED) is 0.455. The Morgan fingerprint density at radius 2 is 1.73 bits per heavy atom. The molecule has 37 heavy (non-hydrogen) atoms. The molecular formula is C26H28F2N4O4S. The molecule has 5 rings (SSSR count). The topological polar surface area (TPSA) is 85.7 Å². The van der Waals surface area contributed by atoms with Crippen LogP contribution in [0.25, 0.3) is 5.69 Å². The molecular weight excluding hydrogens is 502 g/mol. The minimum absolute atomic E-state index is 0.0304. The minimum Gasteiger partial charge on any atom is -0.486 e. The second-order valence-corrected chi connectivity index (χ2v) is 10.7. The van der Waals surface area contributed by atoms with Gasteiger partial charge in [0.2, 0.25) is 5.75 Å². The molecule has 2 aliphatic rings. The highest BCUT2D eigenvalue weighted by atomic mass is 32.2.